The Balaban J connectivity index is 3.44. The van der Waals surface area contributed by atoms with Gasteiger partial charge in [0.05, 0.1) is 11.8 Å². The summed E-state index contributed by atoms with van der Waals surface area (Å²) in [6.45, 7) is 0. The second-order valence-corrected chi connectivity index (χ2v) is 1.95. The first-order valence-electron chi connectivity index (χ1n) is 2.94. The van der Waals surface area contributed by atoms with E-state index >= 15 is 0 Å². The fraction of sp³-hybridized carbons (Fsp3) is 0. The van der Waals surface area contributed by atoms with Crippen LogP contribution in [0.4, 0.5) is 0 Å². The van der Waals surface area contributed by atoms with Crippen molar-refractivity contribution in [2.75, 3.05) is 0 Å². The number of hydrogen-bond acceptors (Lipinski definition) is 4. The van der Waals surface area contributed by atoms with Crippen molar-refractivity contribution < 1.29 is 4.79 Å². The third kappa shape index (κ3) is 1.29. The quantitative estimate of drug-likeness (QED) is 0.539. The molecule has 0 spiro atoms. The second kappa shape index (κ2) is 2.84. The average Bonchev–Trinajstić information content (AvgIpc) is 2.04. The molecule has 0 atom stereocenters. The van der Waals surface area contributed by atoms with Gasteiger partial charge in [-0.2, -0.15) is 5.26 Å². The third-order valence-electron chi connectivity index (χ3n) is 1.18. The minimum atomic E-state index is -0.856. The lowest BCUT2D eigenvalue weighted by molar-refractivity contribution is 0.0995. The number of carbonyl (C=O) groups is 1. The van der Waals surface area contributed by atoms with E-state index in [9.17, 15) is 9.59 Å². The number of aromatic nitrogens is 2. The summed E-state index contributed by atoms with van der Waals surface area (Å²) in [5, 5.41) is 8.44. The van der Waals surface area contributed by atoms with Gasteiger partial charge in [-0.25, -0.2) is 9.78 Å². The van der Waals surface area contributed by atoms with Gasteiger partial charge in [0.1, 0.15) is 11.8 Å². The van der Waals surface area contributed by atoms with Gasteiger partial charge in [-0.3, -0.25) is 4.79 Å². The molecule has 0 unspecified atom stereocenters. The number of hydrogen-bond donors (Lipinski definition) is 2. The van der Waals surface area contributed by atoms with Crippen molar-refractivity contribution in [1.29, 1.82) is 5.26 Å². The van der Waals surface area contributed by atoms with Crippen LogP contribution in [0.5, 0.6) is 0 Å². The van der Waals surface area contributed by atoms with E-state index in [4.69, 9.17) is 11.0 Å². The Morgan fingerprint density at radius 1 is 1.75 bits per heavy atom. The van der Waals surface area contributed by atoms with Gasteiger partial charge in [-0.05, 0) is 0 Å². The standard InChI is InChI=1S/C6H4N4O2/c7-1-3-2-9-6(12)10-4(3)5(8)11/h2H,(H2,8,11)(H,9,10,12). The van der Waals surface area contributed by atoms with Crippen molar-refractivity contribution in [1.82, 2.24) is 9.97 Å². The first kappa shape index (κ1) is 7.94. The predicted molar refractivity (Wildman–Crippen MR) is 38.1 cm³/mol. The van der Waals surface area contributed by atoms with Crippen LogP contribution in [0.2, 0.25) is 0 Å². The maximum absolute atomic E-state index is 10.6. The van der Waals surface area contributed by atoms with Gasteiger partial charge in [-0.1, -0.05) is 0 Å². The third-order valence-corrected chi connectivity index (χ3v) is 1.18. The van der Waals surface area contributed by atoms with Crippen molar-refractivity contribution >= 4 is 5.91 Å². The summed E-state index contributed by atoms with van der Waals surface area (Å²) in [5.41, 5.74) is 3.91. The van der Waals surface area contributed by atoms with Gasteiger partial charge in [0, 0.05) is 0 Å². The van der Waals surface area contributed by atoms with Crippen molar-refractivity contribution in [3.05, 3.63) is 27.9 Å². The number of nitrogens with two attached hydrogens (primary N) is 1. The topological polar surface area (TPSA) is 113 Å². The van der Waals surface area contributed by atoms with Gasteiger partial charge < -0.3 is 10.7 Å². The Bertz CT molecular complexity index is 414. The molecule has 0 bridgehead atoms. The Morgan fingerprint density at radius 2 is 2.42 bits per heavy atom. The lowest BCUT2D eigenvalue weighted by Crippen LogP contribution is -2.22. The minimum Gasteiger partial charge on any atom is -0.364 e. The molecular weight excluding hydrogens is 160 g/mol. The zero-order valence-corrected chi connectivity index (χ0v) is 5.87. The molecular formula is C6H4N4O2. The highest BCUT2D eigenvalue weighted by atomic mass is 16.2. The molecule has 0 radical (unpaired) electrons. The molecule has 1 aromatic heterocycles. The van der Waals surface area contributed by atoms with Gasteiger partial charge in [-0.15, -0.1) is 0 Å². The first-order valence-corrected chi connectivity index (χ1v) is 2.94. The molecule has 0 aromatic carbocycles. The number of nitrogens with one attached hydrogen (secondary N) is 1. The zero-order valence-electron chi connectivity index (χ0n) is 5.87. The predicted octanol–water partition coefficient (Wildman–Crippen LogP) is -1.26. The van der Waals surface area contributed by atoms with Crippen LogP contribution in [0.1, 0.15) is 16.1 Å². The van der Waals surface area contributed by atoms with E-state index in [1.807, 2.05) is 0 Å². The molecule has 60 valence electrons. The van der Waals surface area contributed by atoms with E-state index in [0.29, 0.717) is 0 Å². The Kier molecular flexibility index (Phi) is 1.88. The van der Waals surface area contributed by atoms with Gasteiger partial charge >= 0.3 is 5.69 Å². The van der Waals surface area contributed by atoms with E-state index < -0.39 is 11.6 Å². The van der Waals surface area contributed by atoms with E-state index in [0.717, 1.165) is 6.20 Å². The Labute approximate surface area is 66.7 Å². The Morgan fingerprint density at radius 3 is 2.92 bits per heavy atom. The molecule has 0 aliphatic rings. The SMILES string of the molecule is N#Cc1cnc(=O)[nH]c1C(N)=O. The summed E-state index contributed by atoms with van der Waals surface area (Å²) in [7, 11) is 0. The van der Waals surface area contributed by atoms with Crippen LogP contribution in [0.3, 0.4) is 0 Å². The largest absolute Gasteiger partial charge is 0.364 e. The van der Waals surface area contributed by atoms with E-state index in [1.54, 1.807) is 6.07 Å². The highest BCUT2D eigenvalue weighted by Crippen LogP contribution is 1.97. The summed E-state index contributed by atoms with van der Waals surface area (Å²) < 4.78 is 0. The van der Waals surface area contributed by atoms with Crippen LogP contribution in [0, 0.1) is 11.3 Å². The molecule has 6 heteroatoms. The number of nitriles is 1. The molecule has 1 heterocycles. The number of primary amides is 1. The van der Waals surface area contributed by atoms with Crippen LogP contribution in [0.15, 0.2) is 11.0 Å². The number of nitrogens with zero attached hydrogens (tertiary/aromatic N) is 2. The first-order chi connectivity index (χ1) is 5.65. The van der Waals surface area contributed by atoms with Crippen LogP contribution < -0.4 is 11.4 Å². The summed E-state index contributed by atoms with van der Waals surface area (Å²) in [6, 6.07) is 1.67. The molecule has 12 heavy (non-hydrogen) atoms. The molecule has 1 amide bonds. The van der Waals surface area contributed by atoms with Crippen LogP contribution in [0.25, 0.3) is 0 Å². The molecule has 0 aliphatic heterocycles. The summed E-state index contributed by atoms with van der Waals surface area (Å²) in [6.07, 6.45) is 0.999. The number of carbonyl (C=O) groups excluding carboxylic acids is 1. The summed E-state index contributed by atoms with van der Waals surface area (Å²) in [4.78, 5) is 26.5. The molecule has 0 aliphatic carbocycles. The lowest BCUT2D eigenvalue weighted by Gasteiger charge is -1.94. The average molecular weight is 164 g/mol. The molecule has 0 saturated heterocycles. The number of rotatable bonds is 1. The van der Waals surface area contributed by atoms with Crippen molar-refractivity contribution in [3.8, 4) is 6.07 Å². The number of aromatic amines is 1. The van der Waals surface area contributed by atoms with E-state index in [1.165, 1.54) is 0 Å². The van der Waals surface area contributed by atoms with Crippen LogP contribution in [-0.4, -0.2) is 15.9 Å². The molecule has 6 nitrogen and oxygen atoms in total. The molecule has 0 saturated carbocycles. The Hall–Kier alpha value is -2.16. The maximum Gasteiger partial charge on any atom is 0.345 e. The maximum atomic E-state index is 10.6. The van der Waals surface area contributed by atoms with Gasteiger partial charge in [0.2, 0.25) is 0 Å². The van der Waals surface area contributed by atoms with Crippen molar-refractivity contribution in [2.45, 2.75) is 0 Å². The molecule has 1 aromatic rings. The minimum absolute atomic E-state index is 0.0397. The van der Waals surface area contributed by atoms with Gasteiger partial charge in [0.25, 0.3) is 5.91 Å². The van der Waals surface area contributed by atoms with Crippen molar-refractivity contribution in [2.24, 2.45) is 5.73 Å². The monoisotopic (exact) mass is 164 g/mol. The molecule has 3 N–H and O–H groups in total. The smallest absolute Gasteiger partial charge is 0.345 e. The zero-order chi connectivity index (χ0) is 9.14. The van der Waals surface area contributed by atoms with Crippen LogP contribution in [-0.2, 0) is 0 Å². The summed E-state index contributed by atoms with van der Waals surface area (Å²) >= 11 is 0. The van der Waals surface area contributed by atoms with Gasteiger partial charge in [0.15, 0.2) is 0 Å². The fourth-order valence-corrected chi connectivity index (χ4v) is 0.673. The fourth-order valence-electron chi connectivity index (χ4n) is 0.673. The summed E-state index contributed by atoms with van der Waals surface area (Å²) in [5.74, 6) is -0.856. The second-order valence-electron chi connectivity index (χ2n) is 1.95. The lowest BCUT2D eigenvalue weighted by atomic mass is 10.2. The number of amides is 1. The molecule has 0 fully saturated rings. The number of H-pyrrole nitrogens is 1. The van der Waals surface area contributed by atoms with Crippen molar-refractivity contribution in [3.63, 3.8) is 0 Å². The van der Waals surface area contributed by atoms with E-state index in [-0.39, 0.29) is 11.3 Å². The van der Waals surface area contributed by atoms with Crippen LogP contribution >= 0.6 is 0 Å². The molecule has 1 rings (SSSR count). The highest BCUT2D eigenvalue weighted by molar-refractivity contribution is 5.92. The normalized spacial score (nSPS) is 8.92. The highest BCUT2D eigenvalue weighted by Gasteiger charge is 2.08. The van der Waals surface area contributed by atoms with E-state index in [2.05, 4.69) is 9.97 Å².